The van der Waals surface area contributed by atoms with Gasteiger partial charge < -0.3 is 5.73 Å². The van der Waals surface area contributed by atoms with Crippen LogP contribution >= 0.6 is 34.8 Å². The monoisotopic (exact) mass is 362 g/mol. The predicted octanol–water partition coefficient (Wildman–Crippen LogP) is 5.88. The molecule has 0 aliphatic heterocycles. The van der Waals surface area contributed by atoms with E-state index in [2.05, 4.69) is 4.98 Å². The molecule has 1 aromatic heterocycles. The van der Waals surface area contributed by atoms with E-state index in [0.717, 1.165) is 22.3 Å². The molecule has 5 heteroatoms. The maximum atomic E-state index is 6.33. The van der Waals surface area contributed by atoms with Crippen LogP contribution in [0.5, 0.6) is 0 Å². The topological polar surface area (TPSA) is 38.9 Å². The molecule has 0 saturated heterocycles. The van der Waals surface area contributed by atoms with Crippen molar-refractivity contribution in [3.63, 3.8) is 0 Å². The highest BCUT2D eigenvalue weighted by Gasteiger charge is 2.15. The fraction of sp³-hybridized carbons (Fsp3) is 0.0556. The van der Waals surface area contributed by atoms with Crippen molar-refractivity contribution in [2.75, 3.05) is 5.73 Å². The molecule has 0 radical (unpaired) electrons. The summed E-state index contributed by atoms with van der Waals surface area (Å²) < 4.78 is 0. The second-order valence-electron chi connectivity index (χ2n) is 5.09. The van der Waals surface area contributed by atoms with E-state index in [-0.39, 0.29) is 0 Å². The van der Waals surface area contributed by atoms with Gasteiger partial charge in [-0.1, -0.05) is 59.1 Å². The predicted molar refractivity (Wildman–Crippen MR) is 98.4 cm³/mol. The van der Waals surface area contributed by atoms with E-state index < -0.39 is 0 Å². The summed E-state index contributed by atoms with van der Waals surface area (Å²) in [5, 5.41) is 1.87. The van der Waals surface area contributed by atoms with Crippen molar-refractivity contribution in [3.8, 4) is 11.1 Å². The number of nitrogens with two attached hydrogens (primary N) is 1. The summed E-state index contributed by atoms with van der Waals surface area (Å²) in [4.78, 5) is 4.20. The van der Waals surface area contributed by atoms with Crippen LogP contribution < -0.4 is 5.73 Å². The molecular weight excluding hydrogens is 351 g/mol. The van der Waals surface area contributed by atoms with Gasteiger partial charge in [0.05, 0.1) is 0 Å². The molecule has 3 aromatic rings. The zero-order chi connectivity index (χ0) is 16.4. The van der Waals surface area contributed by atoms with Gasteiger partial charge in [-0.15, -0.1) is 0 Å². The number of aromatic nitrogens is 1. The van der Waals surface area contributed by atoms with Gasteiger partial charge in [0.25, 0.3) is 0 Å². The van der Waals surface area contributed by atoms with Crippen molar-refractivity contribution in [2.24, 2.45) is 0 Å². The zero-order valence-electron chi connectivity index (χ0n) is 12.1. The molecule has 23 heavy (non-hydrogen) atoms. The number of halogens is 3. The smallest absolute Gasteiger partial charge is 0.131 e. The molecular formula is C18H13Cl3N2. The lowest BCUT2D eigenvalue weighted by molar-refractivity contribution is 1.17. The maximum absolute atomic E-state index is 6.33. The van der Waals surface area contributed by atoms with Crippen LogP contribution in [0.25, 0.3) is 11.1 Å². The Labute approximate surface area is 149 Å². The molecule has 0 fully saturated rings. The Morgan fingerprint density at radius 3 is 2.17 bits per heavy atom. The Kier molecular flexibility index (Phi) is 4.76. The molecule has 2 nitrogen and oxygen atoms in total. The second-order valence-corrected chi connectivity index (χ2v) is 6.31. The number of nitrogens with zero attached hydrogens (tertiary/aromatic N) is 1. The van der Waals surface area contributed by atoms with E-state index in [1.807, 2.05) is 48.5 Å². The van der Waals surface area contributed by atoms with Gasteiger partial charge in [-0.3, -0.25) is 0 Å². The summed E-state index contributed by atoms with van der Waals surface area (Å²) in [7, 11) is 0. The number of benzene rings is 2. The Morgan fingerprint density at radius 1 is 0.826 bits per heavy atom. The average Bonchev–Trinajstić information content (AvgIpc) is 2.52. The number of nitrogen functional groups attached to an aromatic ring is 1. The molecule has 2 aromatic carbocycles. The van der Waals surface area contributed by atoms with Crippen LogP contribution in [0.3, 0.4) is 0 Å². The number of rotatable bonds is 3. The quantitative estimate of drug-likeness (QED) is 0.631. The summed E-state index contributed by atoms with van der Waals surface area (Å²) in [5.41, 5.74) is 9.60. The molecule has 2 N–H and O–H groups in total. The minimum atomic E-state index is 0.429. The largest absolute Gasteiger partial charge is 0.383 e. The van der Waals surface area contributed by atoms with E-state index in [0.29, 0.717) is 27.3 Å². The van der Waals surface area contributed by atoms with Gasteiger partial charge in [-0.25, -0.2) is 4.98 Å². The number of anilines is 1. The molecule has 0 aliphatic carbocycles. The Bertz CT molecular complexity index is 842. The lowest BCUT2D eigenvalue weighted by atomic mass is 9.95. The molecule has 0 aliphatic rings. The first kappa shape index (κ1) is 16.1. The first-order valence-corrected chi connectivity index (χ1v) is 8.12. The Balaban J connectivity index is 2.15. The van der Waals surface area contributed by atoms with Gasteiger partial charge >= 0.3 is 0 Å². The molecule has 0 amide bonds. The van der Waals surface area contributed by atoms with Crippen molar-refractivity contribution in [1.29, 1.82) is 0 Å². The van der Waals surface area contributed by atoms with E-state index in [1.165, 1.54) is 0 Å². The highest BCUT2D eigenvalue weighted by Crippen LogP contribution is 2.36. The van der Waals surface area contributed by atoms with Gasteiger partial charge in [-0.05, 0) is 35.4 Å². The lowest BCUT2D eigenvalue weighted by Gasteiger charge is -2.14. The van der Waals surface area contributed by atoms with E-state index in [1.54, 1.807) is 6.20 Å². The van der Waals surface area contributed by atoms with Crippen LogP contribution in [0.2, 0.25) is 15.1 Å². The number of hydrogen-bond donors (Lipinski definition) is 1. The molecule has 3 rings (SSSR count). The highest BCUT2D eigenvalue weighted by molar-refractivity contribution is 6.36. The van der Waals surface area contributed by atoms with Crippen LogP contribution in [0, 0.1) is 0 Å². The maximum Gasteiger partial charge on any atom is 0.131 e. The van der Waals surface area contributed by atoms with Crippen LogP contribution in [-0.2, 0) is 6.42 Å². The average molecular weight is 364 g/mol. The lowest BCUT2D eigenvalue weighted by Crippen LogP contribution is -2.01. The van der Waals surface area contributed by atoms with Crippen molar-refractivity contribution in [3.05, 3.63) is 80.9 Å². The van der Waals surface area contributed by atoms with Gasteiger partial charge in [0, 0.05) is 38.8 Å². The minimum absolute atomic E-state index is 0.429. The molecule has 0 saturated carbocycles. The SMILES string of the molecule is Nc1nccc(Cc2c(Cl)cccc2Cl)c1-c1ccccc1Cl. The summed E-state index contributed by atoms with van der Waals surface area (Å²) in [6, 6.07) is 14.9. The van der Waals surface area contributed by atoms with Crippen LogP contribution in [0.4, 0.5) is 5.82 Å². The normalized spacial score (nSPS) is 10.7. The Hall–Kier alpha value is -1.74. The van der Waals surface area contributed by atoms with Crippen molar-refractivity contribution < 1.29 is 0 Å². The zero-order valence-corrected chi connectivity index (χ0v) is 14.3. The molecule has 116 valence electrons. The van der Waals surface area contributed by atoms with E-state index in [9.17, 15) is 0 Å². The minimum Gasteiger partial charge on any atom is -0.383 e. The second kappa shape index (κ2) is 6.79. The molecule has 0 spiro atoms. The molecule has 1 heterocycles. The fourth-order valence-corrected chi connectivity index (χ4v) is 3.30. The summed E-state index contributed by atoms with van der Waals surface area (Å²) in [5.74, 6) is 0.429. The van der Waals surface area contributed by atoms with E-state index >= 15 is 0 Å². The highest BCUT2D eigenvalue weighted by atomic mass is 35.5. The van der Waals surface area contributed by atoms with Gasteiger partial charge in [0.1, 0.15) is 5.82 Å². The number of pyridine rings is 1. The van der Waals surface area contributed by atoms with Crippen molar-refractivity contribution >= 4 is 40.6 Å². The number of hydrogen-bond acceptors (Lipinski definition) is 2. The van der Waals surface area contributed by atoms with Crippen molar-refractivity contribution in [1.82, 2.24) is 4.98 Å². The van der Waals surface area contributed by atoms with Gasteiger partial charge in [0.15, 0.2) is 0 Å². The summed E-state index contributed by atoms with van der Waals surface area (Å²) >= 11 is 18.9. The summed E-state index contributed by atoms with van der Waals surface area (Å²) in [6.45, 7) is 0. The first-order valence-electron chi connectivity index (χ1n) is 6.99. The van der Waals surface area contributed by atoms with Gasteiger partial charge in [-0.2, -0.15) is 0 Å². The third kappa shape index (κ3) is 3.30. The van der Waals surface area contributed by atoms with Crippen LogP contribution in [0.1, 0.15) is 11.1 Å². The third-order valence-corrected chi connectivity index (χ3v) is 4.68. The molecule has 0 bridgehead atoms. The standard InChI is InChI=1S/C18H13Cl3N2/c19-14-5-2-1-4-12(14)17-11(8-9-23-18(17)22)10-13-15(20)6-3-7-16(13)21/h1-9H,10H2,(H2,22,23). The van der Waals surface area contributed by atoms with Gasteiger partial charge in [0.2, 0.25) is 0 Å². The Morgan fingerprint density at radius 2 is 1.48 bits per heavy atom. The van der Waals surface area contributed by atoms with Crippen molar-refractivity contribution in [2.45, 2.75) is 6.42 Å². The fourth-order valence-electron chi connectivity index (χ4n) is 2.53. The third-order valence-electron chi connectivity index (χ3n) is 3.64. The van der Waals surface area contributed by atoms with Crippen LogP contribution in [-0.4, -0.2) is 4.98 Å². The van der Waals surface area contributed by atoms with E-state index in [4.69, 9.17) is 40.5 Å². The molecule has 0 atom stereocenters. The van der Waals surface area contributed by atoms with Crippen LogP contribution in [0.15, 0.2) is 54.7 Å². The summed E-state index contributed by atoms with van der Waals surface area (Å²) in [6.07, 6.45) is 2.22. The first-order chi connectivity index (χ1) is 11.1. The molecule has 0 unspecified atom stereocenters.